The van der Waals surface area contributed by atoms with Crippen molar-refractivity contribution in [1.29, 1.82) is 0 Å². The van der Waals surface area contributed by atoms with Crippen LogP contribution in [0, 0.1) is 0 Å². The third kappa shape index (κ3) is 3.97. The van der Waals surface area contributed by atoms with Gasteiger partial charge >= 0.3 is 0 Å². The van der Waals surface area contributed by atoms with Gasteiger partial charge in [0.25, 0.3) is 0 Å². The number of hydrogen-bond acceptors (Lipinski definition) is 6. The van der Waals surface area contributed by atoms with E-state index in [0.29, 0.717) is 12.4 Å². The molecule has 0 aliphatic carbocycles. The summed E-state index contributed by atoms with van der Waals surface area (Å²) < 4.78 is 4.92. The Morgan fingerprint density at radius 3 is 2.25 bits per heavy atom. The van der Waals surface area contributed by atoms with Gasteiger partial charge in [-0.2, -0.15) is 0 Å². The molecule has 0 aromatic carbocycles. The second-order valence-electron chi connectivity index (χ2n) is 3.43. The van der Waals surface area contributed by atoms with E-state index in [1.165, 1.54) is 0 Å². The largest absolute Gasteiger partial charge is 0.388 e. The molecule has 0 bridgehead atoms. The molecule has 1 aliphatic heterocycles. The molecule has 98 valence electrons. The third-order valence-electron chi connectivity index (χ3n) is 2.30. The standard InChI is InChI=1S/C8H16ClNO5.ClH/c9-1-2-10-3-4-5(11)6(12)7(13)8(14)15-4;/h4-8,10-14H,1-3H2;1H. The molecule has 0 saturated carbocycles. The molecule has 1 fully saturated rings. The van der Waals surface area contributed by atoms with Crippen LogP contribution in [-0.2, 0) is 4.74 Å². The van der Waals surface area contributed by atoms with Crippen LogP contribution in [0.25, 0.3) is 0 Å². The van der Waals surface area contributed by atoms with Crippen LogP contribution in [0.3, 0.4) is 0 Å². The Labute approximate surface area is 105 Å². The van der Waals surface area contributed by atoms with Crippen molar-refractivity contribution >= 4 is 24.0 Å². The molecular formula is C8H17Cl2NO5. The second kappa shape index (κ2) is 7.62. The first-order chi connectivity index (χ1) is 7.07. The maximum atomic E-state index is 9.51. The molecule has 0 aromatic rings. The Morgan fingerprint density at radius 2 is 1.69 bits per heavy atom. The van der Waals surface area contributed by atoms with Crippen molar-refractivity contribution < 1.29 is 25.2 Å². The van der Waals surface area contributed by atoms with Gasteiger partial charge in [0, 0.05) is 19.0 Å². The summed E-state index contributed by atoms with van der Waals surface area (Å²) in [6.07, 6.45) is -6.36. The van der Waals surface area contributed by atoms with E-state index in [4.69, 9.17) is 16.3 Å². The van der Waals surface area contributed by atoms with E-state index in [0.717, 1.165) is 0 Å². The van der Waals surface area contributed by atoms with Crippen molar-refractivity contribution in [2.24, 2.45) is 0 Å². The molecule has 1 aliphatic rings. The number of halogens is 2. The summed E-state index contributed by atoms with van der Waals surface area (Å²) in [6, 6.07) is 0. The van der Waals surface area contributed by atoms with Crippen LogP contribution in [0.2, 0.25) is 0 Å². The second-order valence-corrected chi connectivity index (χ2v) is 3.81. The van der Waals surface area contributed by atoms with E-state index in [1.54, 1.807) is 0 Å². The van der Waals surface area contributed by atoms with Crippen LogP contribution in [0.15, 0.2) is 0 Å². The molecule has 5 atom stereocenters. The molecule has 1 rings (SSSR count). The molecule has 8 heteroatoms. The highest BCUT2D eigenvalue weighted by molar-refractivity contribution is 6.18. The number of ether oxygens (including phenoxy) is 1. The summed E-state index contributed by atoms with van der Waals surface area (Å²) in [4.78, 5) is 0. The van der Waals surface area contributed by atoms with Gasteiger partial charge in [0.2, 0.25) is 0 Å². The quantitative estimate of drug-likeness (QED) is 0.302. The number of aliphatic hydroxyl groups is 4. The summed E-state index contributed by atoms with van der Waals surface area (Å²) in [5.41, 5.74) is 0. The van der Waals surface area contributed by atoms with Gasteiger partial charge in [-0.15, -0.1) is 24.0 Å². The van der Waals surface area contributed by atoms with Crippen LogP contribution in [0.4, 0.5) is 0 Å². The van der Waals surface area contributed by atoms with E-state index >= 15 is 0 Å². The minimum absolute atomic E-state index is 0. The SMILES string of the molecule is Cl.OC1OC(CNCCCl)C(O)C(O)C1O. The average Bonchev–Trinajstić information content (AvgIpc) is 2.23. The zero-order valence-corrected chi connectivity index (χ0v) is 10.1. The summed E-state index contributed by atoms with van der Waals surface area (Å²) in [6.45, 7) is 0.775. The maximum Gasteiger partial charge on any atom is 0.184 e. The van der Waals surface area contributed by atoms with E-state index in [9.17, 15) is 20.4 Å². The van der Waals surface area contributed by atoms with Crippen LogP contribution >= 0.6 is 24.0 Å². The minimum Gasteiger partial charge on any atom is -0.388 e. The zero-order valence-electron chi connectivity index (χ0n) is 8.49. The Hall–Kier alpha value is 0.340. The molecule has 0 amide bonds. The van der Waals surface area contributed by atoms with Crippen LogP contribution in [0.1, 0.15) is 0 Å². The van der Waals surface area contributed by atoms with Gasteiger partial charge in [-0.1, -0.05) is 0 Å². The molecule has 1 heterocycles. The van der Waals surface area contributed by atoms with E-state index < -0.39 is 30.7 Å². The third-order valence-corrected chi connectivity index (χ3v) is 2.49. The molecule has 16 heavy (non-hydrogen) atoms. The highest BCUT2D eigenvalue weighted by Gasteiger charge is 2.42. The molecule has 0 aromatic heterocycles. The van der Waals surface area contributed by atoms with Gasteiger partial charge in [0.1, 0.15) is 24.4 Å². The smallest absolute Gasteiger partial charge is 0.184 e. The normalized spacial score (nSPS) is 39.2. The lowest BCUT2D eigenvalue weighted by atomic mass is 9.99. The van der Waals surface area contributed by atoms with Gasteiger partial charge in [-0.25, -0.2) is 0 Å². The van der Waals surface area contributed by atoms with Gasteiger partial charge in [-0.3, -0.25) is 0 Å². The van der Waals surface area contributed by atoms with Crippen LogP contribution in [-0.4, -0.2) is 70.1 Å². The van der Waals surface area contributed by atoms with Crippen molar-refractivity contribution in [3.05, 3.63) is 0 Å². The van der Waals surface area contributed by atoms with E-state index in [-0.39, 0.29) is 19.0 Å². The molecule has 5 unspecified atom stereocenters. The molecule has 0 spiro atoms. The monoisotopic (exact) mass is 277 g/mol. The molecule has 0 radical (unpaired) electrons. The van der Waals surface area contributed by atoms with Crippen LogP contribution in [0.5, 0.6) is 0 Å². The lowest BCUT2D eigenvalue weighted by Crippen LogP contribution is -2.59. The Balaban J connectivity index is 0.00000225. The topological polar surface area (TPSA) is 102 Å². The van der Waals surface area contributed by atoms with Crippen molar-refractivity contribution in [2.45, 2.75) is 30.7 Å². The van der Waals surface area contributed by atoms with Crippen molar-refractivity contribution in [1.82, 2.24) is 5.32 Å². The van der Waals surface area contributed by atoms with Gasteiger partial charge in [0.05, 0.1) is 0 Å². The zero-order chi connectivity index (χ0) is 11.4. The summed E-state index contributed by atoms with van der Waals surface area (Å²) in [5, 5.41) is 40.1. The lowest BCUT2D eigenvalue weighted by molar-refractivity contribution is -0.280. The highest BCUT2D eigenvalue weighted by atomic mass is 35.5. The highest BCUT2D eigenvalue weighted by Crippen LogP contribution is 2.19. The maximum absolute atomic E-state index is 9.51. The average molecular weight is 278 g/mol. The first-order valence-corrected chi connectivity index (χ1v) is 5.25. The number of rotatable bonds is 4. The predicted molar refractivity (Wildman–Crippen MR) is 59.7 cm³/mol. The number of hydrogen-bond donors (Lipinski definition) is 5. The fourth-order valence-electron chi connectivity index (χ4n) is 1.41. The van der Waals surface area contributed by atoms with Gasteiger partial charge < -0.3 is 30.5 Å². The number of alkyl halides is 1. The Kier molecular flexibility index (Phi) is 7.79. The van der Waals surface area contributed by atoms with Crippen molar-refractivity contribution in [3.8, 4) is 0 Å². The fraction of sp³-hybridized carbons (Fsp3) is 1.00. The van der Waals surface area contributed by atoms with Gasteiger partial charge in [0.15, 0.2) is 6.29 Å². The summed E-state index contributed by atoms with van der Waals surface area (Å²) >= 11 is 5.43. The van der Waals surface area contributed by atoms with E-state index in [1.807, 2.05) is 0 Å². The summed E-state index contributed by atoms with van der Waals surface area (Å²) in [7, 11) is 0. The van der Waals surface area contributed by atoms with Crippen molar-refractivity contribution in [2.75, 3.05) is 19.0 Å². The van der Waals surface area contributed by atoms with Gasteiger partial charge in [-0.05, 0) is 0 Å². The van der Waals surface area contributed by atoms with Crippen molar-refractivity contribution in [3.63, 3.8) is 0 Å². The number of nitrogens with one attached hydrogen (secondary N) is 1. The molecule has 6 nitrogen and oxygen atoms in total. The Bertz CT molecular complexity index is 199. The van der Waals surface area contributed by atoms with E-state index in [2.05, 4.69) is 5.32 Å². The molecule has 5 N–H and O–H groups in total. The fourth-order valence-corrected chi connectivity index (χ4v) is 1.54. The Morgan fingerprint density at radius 1 is 1.06 bits per heavy atom. The lowest BCUT2D eigenvalue weighted by Gasteiger charge is -2.38. The van der Waals surface area contributed by atoms with Crippen LogP contribution < -0.4 is 5.32 Å². The predicted octanol–water partition coefficient (Wildman–Crippen LogP) is -1.96. The molecule has 1 saturated heterocycles. The first kappa shape index (κ1) is 16.3. The first-order valence-electron chi connectivity index (χ1n) is 4.72. The molecular weight excluding hydrogens is 261 g/mol. The number of aliphatic hydroxyl groups excluding tert-OH is 4. The summed E-state index contributed by atoms with van der Waals surface area (Å²) in [5.74, 6) is 0.413. The minimum atomic E-state index is -1.48.